The van der Waals surface area contributed by atoms with Crippen LogP contribution in [0.2, 0.25) is 5.02 Å². The van der Waals surface area contributed by atoms with Gasteiger partial charge in [-0.3, -0.25) is 9.59 Å². The molecule has 0 saturated heterocycles. The molecule has 1 aliphatic heterocycles. The molecule has 0 radical (unpaired) electrons. The van der Waals surface area contributed by atoms with Crippen LogP contribution in [0, 0.1) is 0 Å². The Bertz CT molecular complexity index is 788. The highest BCUT2D eigenvalue weighted by Gasteiger charge is 2.40. The van der Waals surface area contributed by atoms with Crippen LogP contribution in [0.15, 0.2) is 36.4 Å². The Balaban J connectivity index is 2.17. The van der Waals surface area contributed by atoms with Crippen molar-refractivity contribution in [3.8, 4) is 11.5 Å². The lowest BCUT2D eigenvalue weighted by atomic mass is 10.1. The van der Waals surface area contributed by atoms with Gasteiger partial charge in [0.2, 0.25) is 0 Å². The first-order chi connectivity index (χ1) is 10.6. The molecule has 22 heavy (non-hydrogen) atoms. The Morgan fingerprint density at radius 2 is 1.77 bits per heavy atom. The van der Waals surface area contributed by atoms with E-state index in [1.807, 2.05) is 0 Å². The van der Waals surface area contributed by atoms with Gasteiger partial charge in [0.1, 0.15) is 0 Å². The molecule has 1 aliphatic rings. The third-order valence-electron chi connectivity index (χ3n) is 3.46. The van der Waals surface area contributed by atoms with Crippen molar-refractivity contribution in [1.29, 1.82) is 0 Å². The third kappa shape index (κ3) is 2.02. The summed E-state index contributed by atoms with van der Waals surface area (Å²) in [7, 11) is 2.90. The van der Waals surface area contributed by atoms with Gasteiger partial charge in [0, 0.05) is 5.02 Å². The number of halogens is 1. The molecule has 2 amide bonds. The SMILES string of the molecule is COc1ccc2c(c1OC)C(=O)N(c1cccc(Cl)c1)C2=O. The molecule has 0 N–H and O–H groups in total. The third-order valence-corrected chi connectivity index (χ3v) is 3.70. The van der Waals surface area contributed by atoms with Gasteiger partial charge in [-0.2, -0.15) is 0 Å². The molecule has 0 aromatic heterocycles. The van der Waals surface area contributed by atoms with E-state index in [2.05, 4.69) is 0 Å². The highest BCUT2D eigenvalue weighted by atomic mass is 35.5. The van der Waals surface area contributed by atoms with E-state index in [1.165, 1.54) is 14.2 Å². The first-order valence-corrected chi connectivity index (χ1v) is 6.85. The van der Waals surface area contributed by atoms with E-state index in [1.54, 1.807) is 36.4 Å². The van der Waals surface area contributed by atoms with Crippen molar-refractivity contribution in [2.45, 2.75) is 0 Å². The second kappa shape index (κ2) is 5.35. The number of hydrogen-bond acceptors (Lipinski definition) is 4. The maximum Gasteiger partial charge on any atom is 0.270 e. The van der Waals surface area contributed by atoms with Gasteiger partial charge in [0.05, 0.1) is 31.0 Å². The number of benzene rings is 2. The Morgan fingerprint density at radius 3 is 2.41 bits per heavy atom. The largest absolute Gasteiger partial charge is 0.493 e. The summed E-state index contributed by atoms with van der Waals surface area (Å²) in [6.45, 7) is 0. The minimum absolute atomic E-state index is 0.201. The second-order valence-electron chi connectivity index (χ2n) is 4.65. The molecule has 0 aliphatic carbocycles. The first kappa shape index (κ1) is 14.4. The van der Waals surface area contributed by atoms with Gasteiger partial charge in [-0.15, -0.1) is 0 Å². The summed E-state index contributed by atoms with van der Waals surface area (Å²) in [6, 6.07) is 9.72. The summed E-state index contributed by atoms with van der Waals surface area (Å²) < 4.78 is 10.4. The summed E-state index contributed by atoms with van der Waals surface area (Å²) in [6.07, 6.45) is 0. The molecule has 1 heterocycles. The molecule has 0 saturated carbocycles. The normalized spacial score (nSPS) is 13.3. The van der Waals surface area contributed by atoms with Crippen molar-refractivity contribution >= 4 is 29.1 Å². The minimum atomic E-state index is -0.460. The van der Waals surface area contributed by atoms with E-state index in [0.717, 1.165) is 4.90 Å². The van der Waals surface area contributed by atoms with Crippen molar-refractivity contribution < 1.29 is 19.1 Å². The number of methoxy groups -OCH3 is 2. The van der Waals surface area contributed by atoms with Crippen LogP contribution < -0.4 is 14.4 Å². The van der Waals surface area contributed by atoms with E-state index in [9.17, 15) is 9.59 Å². The Hall–Kier alpha value is -2.53. The van der Waals surface area contributed by atoms with E-state index in [4.69, 9.17) is 21.1 Å². The summed E-state index contributed by atoms with van der Waals surface area (Å²) in [5.41, 5.74) is 0.897. The molecule has 0 bridgehead atoms. The number of hydrogen-bond donors (Lipinski definition) is 0. The van der Waals surface area contributed by atoms with Crippen molar-refractivity contribution in [2.24, 2.45) is 0 Å². The number of amides is 2. The highest BCUT2D eigenvalue weighted by molar-refractivity contribution is 6.36. The molecule has 2 aromatic rings. The summed E-state index contributed by atoms with van der Waals surface area (Å²) in [5.74, 6) is -0.223. The van der Waals surface area contributed by atoms with Gasteiger partial charge in [0.15, 0.2) is 11.5 Å². The van der Waals surface area contributed by atoms with Crippen molar-refractivity contribution in [3.63, 3.8) is 0 Å². The number of nitrogens with zero attached hydrogens (tertiary/aromatic N) is 1. The van der Waals surface area contributed by atoms with Gasteiger partial charge < -0.3 is 9.47 Å². The van der Waals surface area contributed by atoms with Crippen LogP contribution in [0.5, 0.6) is 11.5 Å². The van der Waals surface area contributed by atoms with Crippen LogP contribution in [-0.4, -0.2) is 26.0 Å². The average Bonchev–Trinajstić information content (AvgIpc) is 2.77. The van der Waals surface area contributed by atoms with E-state index in [-0.39, 0.29) is 16.9 Å². The molecular formula is C16H12ClNO4. The number of carbonyl (C=O) groups excluding carboxylic acids is 2. The molecule has 2 aromatic carbocycles. The van der Waals surface area contributed by atoms with Crippen LogP contribution in [-0.2, 0) is 0 Å². The molecule has 3 rings (SSSR count). The van der Waals surface area contributed by atoms with E-state index >= 15 is 0 Å². The van der Waals surface area contributed by atoms with Crippen molar-refractivity contribution in [1.82, 2.24) is 0 Å². The van der Waals surface area contributed by atoms with Crippen LogP contribution in [0.4, 0.5) is 5.69 Å². The Morgan fingerprint density at radius 1 is 1.00 bits per heavy atom. The molecule has 6 heteroatoms. The molecular weight excluding hydrogens is 306 g/mol. The lowest BCUT2D eigenvalue weighted by Crippen LogP contribution is -2.29. The van der Waals surface area contributed by atoms with Crippen LogP contribution >= 0.6 is 11.6 Å². The lowest BCUT2D eigenvalue weighted by molar-refractivity contribution is 0.0925. The van der Waals surface area contributed by atoms with Gasteiger partial charge in [-0.25, -0.2) is 4.90 Å². The first-order valence-electron chi connectivity index (χ1n) is 6.47. The number of anilines is 1. The zero-order chi connectivity index (χ0) is 15.9. The molecule has 0 spiro atoms. The smallest absolute Gasteiger partial charge is 0.270 e. The minimum Gasteiger partial charge on any atom is -0.493 e. The standard InChI is InChI=1S/C16H12ClNO4/c1-21-12-7-6-11-13(14(12)22-2)16(20)18(15(11)19)10-5-3-4-9(17)8-10/h3-8H,1-2H3. The summed E-state index contributed by atoms with van der Waals surface area (Å²) in [4.78, 5) is 26.3. The fourth-order valence-corrected chi connectivity index (χ4v) is 2.68. The number of rotatable bonds is 3. The fourth-order valence-electron chi connectivity index (χ4n) is 2.49. The van der Waals surface area contributed by atoms with Crippen LogP contribution in [0.25, 0.3) is 0 Å². The Kier molecular flexibility index (Phi) is 3.50. The van der Waals surface area contributed by atoms with Crippen LogP contribution in [0.1, 0.15) is 20.7 Å². The number of imide groups is 1. The quantitative estimate of drug-likeness (QED) is 0.816. The van der Waals surface area contributed by atoms with Crippen LogP contribution in [0.3, 0.4) is 0 Å². The number of ether oxygens (including phenoxy) is 2. The van der Waals surface area contributed by atoms with Gasteiger partial charge in [0.25, 0.3) is 11.8 Å². The topological polar surface area (TPSA) is 55.8 Å². The Labute approximate surface area is 132 Å². The molecule has 0 atom stereocenters. The van der Waals surface area contributed by atoms with Gasteiger partial charge >= 0.3 is 0 Å². The monoisotopic (exact) mass is 317 g/mol. The second-order valence-corrected chi connectivity index (χ2v) is 5.09. The van der Waals surface area contributed by atoms with E-state index < -0.39 is 11.8 Å². The highest BCUT2D eigenvalue weighted by Crippen LogP contribution is 2.40. The fraction of sp³-hybridized carbons (Fsp3) is 0.125. The molecule has 0 unspecified atom stereocenters. The molecule has 5 nitrogen and oxygen atoms in total. The number of carbonyl (C=O) groups is 2. The summed E-state index contributed by atoms with van der Waals surface area (Å²) in [5, 5.41) is 0.443. The van der Waals surface area contributed by atoms with Gasteiger partial charge in [-0.05, 0) is 30.3 Å². The zero-order valence-electron chi connectivity index (χ0n) is 11.9. The molecule has 112 valence electrons. The van der Waals surface area contributed by atoms with Crippen molar-refractivity contribution in [3.05, 3.63) is 52.5 Å². The predicted octanol–water partition coefficient (Wildman–Crippen LogP) is 3.16. The maximum absolute atomic E-state index is 12.7. The van der Waals surface area contributed by atoms with E-state index in [0.29, 0.717) is 16.5 Å². The predicted molar refractivity (Wildman–Crippen MR) is 82.1 cm³/mol. The zero-order valence-corrected chi connectivity index (χ0v) is 12.7. The lowest BCUT2D eigenvalue weighted by Gasteiger charge is -2.14. The number of fused-ring (bicyclic) bond motifs is 1. The molecule has 0 fully saturated rings. The summed E-state index contributed by atoms with van der Waals surface area (Å²) >= 11 is 5.94. The average molecular weight is 318 g/mol. The van der Waals surface area contributed by atoms with Crippen molar-refractivity contribution in [2.75, 3.05) is 19.1 Å². The van der Waals surface area contributed by atoms with Gasteiger partial charge in [-0.1, -0.05) is 17.7 Å². The maximum atomic E-state index is 12.7.